The summed E-state index contributed by atoms with van der Waals surface area (Å²) in [5.41, 5.74) is 0. The summed E-state index contributed by atoms with van der Waals surface area (Å²) in [5.74, 6) is -3.88. The van der Waals surface area contributed by atoms with Crippen LogP contribution >= 0.6 is 0 Å². The molecule has 2 aliphatic heterocycles. The average molecular weight is 254 g/mol. The monoisotopic (exact) mass is 254 g/mol. The maximum absolute atomic E-state index is 12.9. The van der Waals surface area contributed by atoms with E-state index < -0.39 is 18.9 Å². The van der Waals surface area contributed by atoms with Crippen molar-refractivity contribution in [1.82, 2.24) is 9.80 Å². The number of halogens is 4. The molecule has 2 fully saturated rings. The van der Waals surface area contributed by atoms with Gasteiger partial charge in [-0.15, -0.1) is 0 Å². The van der Waals surface area contributed by atoms with Crippen molar-refractivity contribution in [1.29, 1.82) is 0 Å². The molecular formula is C11H18F4N2. The normalized spacial score (nSPS) is 28.4. The number of alkyl halides is 4. The minimum atomic E-state index is -3.88. The highest BCUT2D eigenvalue weighted by Gasteiger charge is 2.43. The molecule has 0 aromatic carbocycles. The Balaban J connectivity index is 1.87. The Morgan fingerprint density at radius 1 is 1.12 bits per heavy atom. The van der Waals surface area contributed by atoms with Gasteiger partial charge in [0.2, 0.25) is 0 Å². The summed E-state index contributed by atoms with van der Waals surface area (Å²) in [5, 5.41) is 0. The van der Waals surface area contributed by atoms with Crippen molar-refractivity contribution in [2.24, 2.45) is 0 Å². The molecule has 0 aromatic heterocycles. The number of piperazine rings is 1. The molecule has 2 aliphatic rings. The molecule has 0 radical (unpaired) electrons. The molecule has 0 N–H and O–H groups in total. The van der Waals surface area contributed by atoms with Gasteiger partial charge in [0.15, 0.2) is 0 Å². The molecule has 0 saturated carbocycles. The molecule has 0 bridgehead atoms. The second-order valence-electron chi connectivity index (χ2n) is 4.98. The van der Waals surface area contributed by atoms with E-state index >= 15 is 0 Å². The maximum Gasteiger partial charge on any atom is 0.319 e. The molecular weight excluding hydrogens is 236 g/mol. The number of nitrogens with zero attached hydrogens (tertiary/aromatic N) is 2. The van der Waals surface area contributed by atoms with Crippen LogP contribution in [0.25, 0.3) is 0 Å². The third-order valence-electron chi connectivity index (χ3n) is 3.68. The summed E-state index contributed by atoms with van der Waals surface area (Å²) in [6.45, 7) is 1.91. The summed E-state index contributed by atoms with van der Waals surface area (Å²) in [6.07, 6.45) is -0.298. The van der Waals surface area contributed by atoms with Gasteiger partial charge in [-0.25, -0.2) is 8.78 Å². The Morgan fingerprint density at radius 3 is 2.59 bits per heavy atom. The van der Waals surface area contributed by atoms with Gasteiger partial charge >= 0.3 is 12.3 Å². The Hall–Kier alpha value is -0.360. The topological polar surface area (TPSA) is 6.48 Å². The number of rotatable bonds is 3. The Morgan fingerprint density at radius 2 is 1.88 bits per heavy atom. The number of hydrogen-bond donors (Lipinski definition) is 0. The lowest BCUT2D eigenvalue weighted by molar-refractivity contribution is -0.147. The molecule has 17 heavy (non-hydrogen) atoms. The smallest absolute Gasteiger partial charge is 0.298 e. The average Bonchev–Trinajstić information content (AvgIpc) is 2.28. The fourth-order valence-corrected chi connectivity index (χ4v) is 2.73. The van der Waals surface area contributed by atoms with E-state index in [1.54, 1.807) is 0 Å². The third-order valence-corrected chi connectivity index (χ3v) is 3.68. The first kappa shape index (κ1) is 13.1. The van der Waals surface area contributed by atoms with Gasteiger partial charge in [-0.1, -0.05) is 6.42 Å². The summed E-state index contributed by atoms with van der Waals surface area (Å²) in [7, 11) is 0. The minimum Gasteiger partial charge on any atom is -0.298 e. The first-order valence-electron chi connectivity index (χ1n) is 6.11. The second kappa shape index (κ2) is 5.10. The van der Waals surface area contributed by atoms with Gasteiger partial charge in [-0.2, -0.15) is 8.78 Å². The van der Waals surface area contributed by atoms with Crippen LogP contribution in [0.5, 0.6) is 0 Å². The van der Waals surface area contributed by atoms with Crippen LogP contribution < -0.4 is 0 Å². The molecule has 2 nitrogen and oxygen atoms in total. The summed E-state index contributed by atoms with van der Waals surface area (Å²) < 4.78 is 50.1. The summed E-state index contributed by atoms with van der Waals surface area (Å²) in [4.78, 5) is 3.78. The van der Waals surface area contributed by atoms with Gasteiger partial charge in [0.05, 0.1) is 6.54 Å². The first-order chi connectivity index (χ1) is 7.99. The highest BCUT2D eigenvalue weighted by atomic mass is 19.3. The number of hydrogen-bond acceptors (Lipinski definition) is 2. The van der Waals surface area contributed by atoms with E-state index in [9.17, 15) is 17.6 Å². The zero-order valence-electron chi connectivity index (χ0n) is 9.72. The predicted octanol–water partition coefficient (Wildman–Crippen LogP) is 2.06. The highest BCUT2D eigenvalue weighted by Crippen LogP contribution is 2.27. The molecule has 2 rings (SSSR count). The van der Waals surface area contributed by atoms with Crippen LogP contribution in [0.2, 0.25) is 0 Å². The molecule has 0 aromatic rings. The van der Waals surface area contributed by atoms with E-state index in [4.69, 9.17) is 0 Å². The van der Waals surface area contributed by atoms with Crippen molar-refractivity contribution in [3.63, 3.8) is 0 Å². The lowest BCUT2D eigenvalue weighted by Crippen LogP contribution is -2.57. The minimum absolute atomic E-state index is 0.283. The van der Waals surface area contributed by atoms with E-state index in [0.717, 1.165) is 32.4 Å². The van der Waals surface area contributed by atoms with Crippen molar-refractivity contribution in [2.75, 3.05) is 32.7 Å². The Kier molecular flexibility index (Phi) is 3.92. The summed E-state index contributed by atoms with van der Waals surface area (Å²) >= 11 is 0. The van der Waals surface area contributed by atoms with Crippen LogP contribution in [0, 0.1) is 0 Å². The first-order valence-corrected chi connectivity index (χ1v) is 6.11. The van der Waals surface area contributed by atoms with Crippen LogP contribution in [0.1, 0.15) is 19.3 Å². The fraction of sp³-hybridized carbons (Fsp3) is 1.00. The maximum atomic E-state index is 12.9. The quantitative estimate of drug-likeness (QED) is 0.711. The SMILES string of the molecule is FC(F)C(F)(F)CN1CCN2CCCCC2C1. The molecule has 1 unspecified atom stereocenters. The van der Waals surface area contributed by atoms with Gasteiger partial charge in [0.25, 0.3) is 0 Å². The molecule has 6 heteroatoms. The van der Waals surface area contributed by atoms with E-state index in [0.29, 0.717) is 13.1 Å². The lowest BCUT2D eigenvalue weighted by Gasteiger charge is -2.44. The van der Waals surface area contributed by atoms with Gasteiger partial charge < -0.3 is 0 Å². The van der Waals surface area contributed by atoms with Gasteiger partial charge in [0, 0.05) is 25.7 Å². The van der Waals surface area contributed by atoms with Crippen LogP contribution in [-0.4, -0.2) is 60.9 Å². The Bertz CT molecular complexity index is 260. The molecule has 1 atom stereocenters. The van der Waals surface area contributed by atoms with Crippen molar-refractivity contribution < 1.29 is 17.6 Å². The predicted molar refractivity (Wildman–Crippen MR) is 56.6 cm³/mol. The zero-order valence-corrected chi connectivity index (χ0v) is 9.72. The highest BCUT2D eigenvalue weighted by molar-refractivity contribution is 4.87. The van der Waals surface area contributed by atoms with Gasteiger partial charge in [-0.3, -0.25) is 9.80 Å². The van der Waals surface area contributed by atoms with E-state index in [2.05, 4.69) is 4.90 Å². The van der Waals surface area contributed by atoms with E-state index in [-0.39, 0.29) is 6.04 Å². The van der Waals surface area contributed by atoms with Gasteiger partial charge in [0.1, 0.15) is 0 Å². The Labute approximate surface area is 98.6 Å². The molecule has 100 valence electrons. The van der Waals surface area contributed by atoms with E-state index in [1.807, 2.05) is 0 Å². The van der Waals surface area contributed by atoms with Crippen molar-refractivity contribution >= 4 is 0 Å². The van der Waals surface area contributed by atoms with Crippen LogP contribution in [0.4, 0.5) is 17.6 Å². The molecule has 2 heterocycles. The number of fused-ring (bicyclic) bond motifs is 1. The second-order valence-corrected chi connectivity index (χ2v) is 4.98. The van der Waals surface area contributed by atoms with Crippen LogP contribution in [0.15, 0.2) is 0 Å². The van der Waals surface area contributed by atoms with Crippen molar-refractivity contribution in [2.45, 2.75) is 37.7 Å². The summed E-state index contributed by atoms with van der Waals surface area (Å²) in [6, 6.07) is 0.283. The number of piperidine rings is 1. The molecule has 0 aliphatic carbocycles. The van der Waals surface area contributed by atoms with Gasteiger partial charge in [-0.05, 0) is 19.4 Å². The largest absolute Gasteiger partial charge is 0.319 e. The van der Waals surface area contributed by atoms with Crippen molar-refractivity contribution in [3.8, 4) is 0 Å². The lowest BCUT2D eigenvalue weighted by atomic mass is 9.99. The van der Waals surface area contributed by atoms with Crippen LogP contribution in [-0.2, 0) is 0 Å². The molecule has 2 saturated heterocycles. The standard InChI is InChI=1S/C11H18F4N2/c12-10(13)11(14,15)8-16-5-6-17-4-2-1-3-9(17)7-16/h9-10H,1-8H2. The van der Waals surface area contributed by atoms with Crippen LogP contribution in [0.3, 0.4) is 0 Å². The van der Waals surface area contributed by atoms with Crippen molar-refractivity contribution in [3.05, 3.63) is 0 Å². The molecule has 0 spiro atoms. The van der Waals surface area contributed by atoms with E-state index in [1.165, 1.54) is 4.90 Å². The molecule has 0 amide bonds. The fourth-order valence-electron chi connectivity index (χ4n) is 2.73. The zero-order chi connectivity index (χ0) is 12.5. The third kappa shape index (κ3) is 3.10.